The maximum atomic E-state index is 12.4. The molecule has 6 heteroatoms. The summed E-state index contributed by atoms with van der Waals surface area (Å²) in [6.07, 6.45) is -3.40. The van der Waals surface area contributed by atoms with Gasteiger partial charge in [-0.15, -0.1) is 0 Å². The van der Waals surface area contributed by atoms with Crippen molar-refractivity contribution in [3.8, 4) is 0 Å². The third-order valence-corrected chi connectivity index (χ3v) is 3.21. The number of hydrogen-bond donors (Lipinski definition) is 1. The van der Waals surface area contributed by atoms with Gasteiger partial charge >= 0.3 is 6.18 Å². The van der Waals surface area contributed by atoms with Gasteiger partial charge < -0.3 is 10.1 Å². The maximum absolute atomic E-state index is 12.4. The molecule has 18 heavy (non-hydrogen) atoms. The zero-order chi connectivity index (χ0) is 13.2. The van der Waals surface area contributed by atoms with Crippen LogP contribution < -0.4 is 5.32 Å². The molecule has 1 N–H and O–H groups in total. The van der Waals surface area contributed by atoms with Gasteiger partial charge in [0.05, 0.1) is 22.9 Å². The first-order valence-electron chi connectivity index (χ1n) is 5.65. The molecule has 1 aromatic carbocycles. The van der Waals surface area contributed by atoms with Crippen molar-refractivity contribution in [3.63, 3.8) is 0 Å². The first-order valence-corrected chi connectivity index (χ1v) is 6.03. The summed E-state index contributed by atoms with van der Waals surface area (Å²) in [5.41, 5.74) is -0.209. The molecule has 1 fully saturated rings. The Labute approximate surface area is 108 Å². The molecule has 0 bridgehead atoms. The molecule has 0 spiro atoms. The molecule has 2 rings (SSSR count). The van der Waals surface area contributed by atoms with E-state index in [-0.39, 0.29) is 5.02 Å². The zero-order valence-corrected chi connectivity index (χ0v) is 10.3. The summed E-state index contributed by atoms with van der Waals surface area (Å²) >= 11 is 5.83. The van der Waals surface area contributed by atoms with Crippen LogP contribution in [0.1, 0.15) is 12.0 Å². The fourth-order valence-electron chi connectivity index (χ4n) is 1.83. The Bertz CT molecular complexity index is 416. The SMILES string of the molecule is FC(F)(F)c1ccc(NCC2CCOC2)c(Cl)c1. The van der Waals surface area contributed by atoms with Crippen LogP contribution in [0.4, 0.5) is 18.9 Å². The molecule has 1 heterocycles. The molecule has 1 saturated heterocycles. The normalized spacial score (nSPS) is 20.1. The minimum Gasteiger partial charge on any atom is -0.383 e. The molecule has 0 aromatic heterocycles. The lowest BCUT2D eigenvalue weighted by Gasteiger charge is -2.14. The summed E-state index contributed by atoms with van der Waals surface area (Å²) in [6, 6.07) is 3.33. The molecule has 1 aromatic rings. The number of benzene rings is 1. The zero-order valence-electron chi connectivity index (χ0n) is 9.56. The average molecular weight is 280 g/mol. The van der Waals surface area contributed by atoms with Crippen LogP contribution in [0.5, 0.6) is 0 Å². The Balaban J connectivity index is 2.01. The van der Waals surface area contributed by atoms with Gasteiger partial charge in [-0.05, 0) is 24.6 Å². The van der Waals surface area contributed by atoms with Crippen LogP contribution >= 0.6 is 11.6 Å². The molecule has 1 unspecified atom stereocenters. The number of halogens is 4. The van der Waals surface area contributed by atoms with E-state index in [1.165, 1.54) is 6.07 Å². The Hall–Kier alpha value is -0.940. The summed E-state index contributed by atoms with van der Waals surface area (Å²) in [6.45, 7) is 2.09. The van der Waals surface area contributed by atoms with Gasteiger partial charge in [0.15, 0.2) is 0 Å². The minimum absolute atomic E-state index is 0.0868. The number of nitrogens with one attached hydrogen (secondary N) is 1. The molecule has 2 nitrogen and oxygen atoms in total. The Morgan fingerprint density at radius 3 is 2.72 bits per heavy atom. The minimum atomic E-state index is -4.36. The predicted molar refractivity (Wildman–Crippen MR) is 63.9 cm³/mol. The van der Waals surface area contributed by atoms with Crippen LogP contribution in [0.3, 0.4) is 0 Å². The number of ether oxygens (including phenoxy) is 1. The number of rotatable bonds is 3. The van der Waals surface area contributed by atoms with Gasteiger partial charge in [-0.3, -0.25) is 0 Å². The Morgan fingerprint density at radius 2 is 2.17 bits per heavy atom. The second-order valence-corrected chi connectivity index (χ2v) is 4.71. The third-order valence-electron chi connectivity index (χ3n) is 2.90. The highest BCUT2D eigenvalue weighted by Gasteiger charge is 2.30. The smallest absolute Gasteiger partial charge is 0.383 e. The van der Waals surface area contributed by atoms with E-state index in [9.17, 15) is 13.2 Å². The van der Waals surface area contributed by atoms with Crippen molar-refractivity contribution in [2.75, 3.05) is 25.1 Å². The van der Waals surface area contributed by atoms with E-state index in [2.05, 4.69) is 5.32 Å². The number of hydrogen-bond acceptors (Lipinski definition) is 2. The van der Waals surface area contributed by atoms with Crippen molar-refractivity contribution in [1.82, 2.24) is 0 Å². The highest BCUT2D eigenvalue weighted by atomic mass is 35.5. The summed E-state index contributed by atoms with van der Waals surface area (Å²) in [5.74, 6) is 0.392. The van der Waals surface area contributed by atoms with Crippen LogP contribution in [0.25, 0.3) is 0 Å². The van der Waals surface area contributed by atoms with Crippen molar-refractivity contribution in [1.29, 1.82) is 0 Å². The lowest BCUT2D eigenvalue weighted by atomic mass is 10.1. The molecule has 1 atom stereocenters. The van der Waals surface area contributed by atoms with E-state index in [1.54, 1.807) is 0 Å². The van der Waals surface area contributed by atoms with Gasteiger partial charge in [0, 0.05) is 19.1 Å². The van der Waals surface area contributed by atoms with Gasteiger partial charge in [-0.1, -0.05) is 11.6 Å². The standard InChI is InChI=1S/C12H13ClF3NO/c13-10-5-9(12(14,15)16)1-2-11(10)17-6-8-3-4-18-7-8/h1-2,5,8,17H,3-4,6-7H2. The van der Waals surface area contributed by atoms with Gasteiger partial charge in [0.2, 0.25) is 0 Å². The van der Waals surface area contributed by atoms with Crippen LogP contribution in [0.15, 0.2) is 18.2 Å². The highest BCUT2D eigenvalue weighted by Crippen LogP contribution is 2.33. The molecule has 100 valence electrons. The monoisotopic (exact) mass is 279 g/mol. The van der Waals surface area contributed by atoms with Gasteiger partial charge in [-0.2, -0.15) is 13.2 Å². The van der Waals surface area contributed by atoms with E-state index >= 15 is 0 Å². The van der Waals surface area contributed by atoms with E-state index in [1.807, 2.05) is 0 Å². The Kier molecular flexibility index (Phi) is 4.02. The third kappa shape index (κ3) is 3.29. The molecular weight excluding hydrogens is 267 g/mol. The van der Waals surface area contributed by atoms with Crippen LogP contribution in [0, 0.1) is 5.92 Å². The molecule has 1 aliphatic rings. The molecular formula is C12H13ClF3NO. The van der Waals surface area contributed by atoms with Crippen LogP contribution in [0.2, 0.25) is 5.02 Å². The quantitative estimate of drug-likeness (QED) is 0.908. The van der Waals surface area contributed by atoms with Gasteiger partial charge in [-0.25, -0.2) is 0 Å². The summed E-state index contributed by atoms with van der Waals surface area (Å²) in [7, 11) is 0. The van der Waals surface area contributed by atoms with E-state index < -0.39 is 11.7 Å². The van der Waals surface area contributed by atoms with E-state index in [4.69, 9.17) is 16.3 Å². The van der Waals surface area contributed by atoms with Crippen molar-refractivity contribution in [2.45, 2.75) is 12.6 Å². The molecule has 1 aliphatic heterocycles. The van der Waals surface area contributed by atoms with Crippen LogP contribution in [-0.4, -0.2) is 19.8 Å². The Morgan fingerprint density at radius 1 is 1.39 bits per heavy atom. The van der Waals surface area contributed by atoms with Gasteiger partial charge in [0.1, 0.15) is 0 Å². The predicted octanol–water partition coefficient (Wildman–Crippen LogP) is 3.81. The largest absolute Gasteiger partial charge is 0.416 e. The number of alkyl halides is 3. The highest BCUT2D eigenvalue weighted by molar-refractivity contribution is 6.33. The molecule has 0 aliphatic carbocycles. The van der Waals surface area contributed by atoms with E-state index in [0.717, 1.165) is 25.2 Å². The second-order valence-electron chi connectivity index (χ2n) is 4.30. The van der Waals surface area contributed by atoms with Crippen molar-refractivity contribution >= 4 is 17.3 Å². The first-order chi connectivity index (χ1) is 8.47. The van der Waals surface area contributed by atoms with Gasteiger partial charge in [0.25, 0.3) is 0 Å². The maximum Gasteiger partial charge on any atom is 0.416 e. The average Bonchev–Trinajstić information content (AvgIpc) is 2.79. The fraction of sp³-hybridized carbons (Fsp3) is 0.500. The summed E-state index contributed by atoms with van der Waals surface area (Å²) in [5, 5.41) is 3.14. The topological polar surface area (TPSA) is 21.3 Å². The van der Waals surface area contributed by atoms with Crippen LogP contribution in [-0.2, 0) is 10.9 Å². The second kappa shape index (κ2) is 5.36. The van der Waals surface area contributed by atoms with Crippen molar-refractivity contribution in [2.24, 2.45) is 5.92 Å². The van der Waals surface area contributed by atoms with Crippen molar-refractivity contribution in [3.05, 3.63) is 28.8 Å². The first kappa shape index (κ1) is 13.5. The molecule has 0 amide bonds. The van der Waals surface area contributed by atoms with Crippen molar-refractivity contribution < 1.29 is 17.9 Å². The molecule has 0 radical (unpaired) electrons. The fourth-order valence-corrected chi connectivity index (χ4v) is 2.08. The van der Waals surface area contributed by atoms with E-state index in [0.29, 0.717) is 24.8 Å². The number of anilines is 1. The summed E-state index contributed by atoms with van der Waals surface area (Å²) in [4.78, 5) is 0. The lowest BCUT2D eigenvalue weighted by Crippen LogP contribution is -2.14. The lowest BCUT2D eigenvalue weighted by molar-refractivity contribution is -0.137. The molecule has 0 saturated carbocycles. The summed E-state index contributed by atoms with van der Waals surface area (Å²) < 4.78 is 42.5.